The molecule has 1 aliphatic carbocycles. The Labute approximate surface area is 134 Å². The van der Waals surface area contributed by atoms with Crippen molar-refractivity contribution in [2.75, 3.05) is 13.7 Å². The molecule has 0 saturated heterocycles. The number of amides is 1. The number of carbonyl (C=O) groups is 1. The van der Waals surface area contributed by atoms with Crippen molar-refractivity contribution in [3.05, 3.63) is 35.8 Å². The molecule has 1 aromatic heterocycles. The van der Waals surface area contributed by atoms with Crippen LogP contribution in [0, 0.1) is 11.7 Å². The Balaban J connectivity index is 1.87. The summed E-state index contributed by atoms with van der Waals surface area (Å²) in [6, 6.07) is 6.30. The molecular weight excluding hydrogens is 297 g/mol. The molecule has 2 aromatic rings. The lowest BCUT2D eigenvalue weighted by Crippen LogP contribution is -2.26. The highest BCUT2D eigenvalue weighted by atomic mass is 19.1. The molecule has 0 radical (unpaired) electrons. The number of nitrogens with one attached hydrogen (secondary N) is 1. The van der Waals surface area contributed by atoms with Crippen molar-refractivity contribution in [2.24, 2.45) is 5.92 Å². The van der Waals surface area contributed by atoms with Gasteiger partial charge >= 0.3 is 0 Å². The molecule has 0 bridgehead atoms. The third-order valence-corrected chi connectivity index (χ3v) is 4.01. The van der Waals surface area contributed by atoms with E-state index in [1.807, 2.05) is 6.92 Å². The predicted octanol–water partition coefficient (Wildman–Crippen LogP) is 2.86. The predicted molar refractivity (Wildman–Crippen MR) is 84.9 cm³/mol. The summed E-state index contributed by atoms with van der Waals surface area (Å²) in [6.07, 6.45) is 2.35. The molecule has 1 fully saturated rings. The van der Waals surface area contributed by atoms with Crippen LogP contribution in [0.3, 0.4) is 0 Å². The van der Waals surface area contributed by atoms with Crippen molar-refractivity contribution < 1.29 is 13.9 Å². The highest BCUT2D eigenvalue weighted by molar-refractivity contribution is 5.93. The van der Waals surface area contributed by atoms with E-state index in [9.17, 15) is 9.18 Å². The number of hydrogen-bond donors (Lipinski definition) is 1. The van der Waals surface area contributed by atoms with E-state index >= 15 is 0 Å². The molecular formula is C17H20FN3O2. The Morgan fingerprint density at radius 1 is 1.43 bits per heavy atom. The van der Waals surface area contributed by atoms with E-state index in [1.54, 1.807) is 22.9 Å². The summed E-state index contributed by atoms with van der Waals surface area (Å²) < 4.78 is 20.9. The molecule has 0 spiro atoms. The number of hydrogen-bond acceptors (Lipinski definition) is 3. The number of aromatic nitrogens is 2. The monoisotopic (exact) mass is 317 g/mol. The molecule has 0 atom stereocenters. The number of halogens is 1. The number of benzene rings is 1. The van der Waals surface area contributed by atoms with Gasteiger partial charge in [0, 0.05) is 24.7 Å². The number of nitrogens with zero attached hydrogens (tertiary/aromatic N) is 2. The zero-order valence-corrected chi connectivity index (χ0v) is 13.3. The molecule has 1 N–H and O–H groups in total. The lowest BCUT2D eigenvalue weighted by molar-refractivity contribution is 0.0946. The quantitative estimate of drug-likeness (QED) is 0.891. The molecule has 122 valence electrons. The molecule has 1 aromatic carbocycles. The fourth-order valence-electron chi connectivity index (χ4n) is 2.47. The topological polar surface area (TPSA) is 56.2 Å². The average Bonchev–Trinajstić information content (AvgIpc) is 3.29. The van der Waals surface area contributed by atoms with Gasteiger partial charge < -0.3 is 10.1 Å². The van der Waals surface area contributed by atoms with Crippen molar-refractivity contribution in [3.8, 4) is 17.0 Å². The summed E-state index contributed by atoms with van der Waals surface area (Å²) in [4.78, 5) is 12.2. The van der Waals surface area contributed by atoms with Gasteiger partial charge in [0.05, 0.1) is 12.8 Å². The summed E-state index contributed by atoms with van der Waals surface area (Å²) in [5.74, 6) is 0.449. The number of carbonyl (C=O) groups excluding carboxylic acids is 1. The third-order valence-electron chi connectivity index (χ3n) is 4.01. The number of ether oxygens (including phenoxy) is 1. The van der Waals surface area contributed by atoms with E-state index in [4.69, 9.17) is 4.74 Å². The van der Waals surface area contributed by atoms with E-state index in [0.717, 1.165) is 0 Å². The first-order valence-electron chi connectivity index (χ1n) is 7.82. The van der Waals surface area contributed by atoms with Crippen molar-refractivity contribution in [1.29, 1.82) is 0 Å². The minimum Gasteiger partial charge on any atom is -0.497 e. The molecule has 0 unspecified atom stereocenters. The van der Waals surface area contributed by atoms with E-state index in [0.29, 0.717) is 41.7 Å². The second-order valence-electron chi connectivity index (χ2n) is 5.73. The maximum atomic E-state index is 14.3. The lowest BCUT2D eigenvalue weighted by Gasteiger charge is -2.07. The maximum absolute atomic E-state index is 14.3. The Morgan fingerprint density at radius 3 is 2.83 bits per heavy atom. The van der Waals surface area contributed by atoms with Crippen LogP contribution >= 0.6 is 0 Å². The molecule has 0 aliphatic heterocycles. The smallest absolute Gasteiger partial charge is 0.271 e. The van der Waals surface area contributed by atoms with Gasteiger partial charge in [0.25, 0.3) is 5.91 Å². The largest absolute Gasteiger partial charge is 0.497 e. The second-order valence-corrected chi connectivity index (χ2v) is 5.73. The van der Waals surface area contributed by atoms with Gasteiger partial charge in [0.15, 0.2) is 5.69 Å². The van der Waals surface area contributed by atoms with Crippen LogP contribution in [0.15, 0.2) is 24.3 Å². The van der Waals surface area contributed by atoms with Crippen LogP contribution in [-0.4, -0.2) is 29.3 Å². The molecule has 5 nitrogen and oxygen atoms in total. The Morgan fingerprint density at radius 2 is 2.22 bits per heavy atom. The Bertz CT molecular complexity index is 723. The summed E-state index contributed by atoms with van der Waals surface area (Å²) in [5, 5.41) is 7.18. The first kappa shape index (κ1) is 15.5. The molecule has 6 heteroatoms. The first-order chi connectivity index (χ1) is 11.1. The summed E-state index contributed by atoms with van der Waals surface area (Å²) in [5.41, 5.74) is 1.31. The van der Waals surface area contributed by atoms with Crippen LogP contribution in [0.2, 0.25) is 0 Å². The third kappa shape index (κ3) is 3.36. The van der Waals surface area contributed by atoms with Gasteiger partial charge in [0.2, 0.25) is 0 Å². The van der Waals surface area contributed by atoms with Crippen LogP contribution in [0.1, 0.15) is 30.3 Å². The van der Waals surface area contributed by atoms with Gasteiger partial charge in [-0.1, -0.05) is 0 Å². The normalized spacial score (nSPS) is 13.9. The second kappa shape index (κ2) is 6.40. The summed E-state index contributed by atoms with van der Waals surface area (Å²) in [6.45, 7) is 3.14. The van der Waals surface area contributed by atoms with Crippen LogP contribution < -0.4 is 10.1 Å². The maximum Gasteiger partial charge on any atom is 0.271 e. The SMILES string of the molecule is CCn1nc(C(=O)NCC2CC2)cc1-c1ccc(OC)cc1F. The van der Waals surface area contributed by atoms with E-state index in [1.165, 1.54) is 26.0 Å². The minimum absolute atomic E-state index is 0.209. The number of methoxy groups -OCH3 is 1. The standard InChI is InChI=1S/C17H20FN3O2/c1-3-21-16(13-7-6-12(23-2)8-14(13)18)9-15(20-21)17(22)19-10-11-4-5-11/h6-9,11H,3-5,10H2,1-2H3,(H,19,22). The fraction of sp³-hybridized carbons (Fsp3) is 0.412. The zero-order chi connectivity index (χ0) is 16.4. The van der Waals surface area contributed by atoms with Crippen LogP contribution in [0.25, 0.3) is 11.3 Å². The molecule has 1 amide bonds. The van der Waals surface area contributed by atoms with Gasteiger partial charge in [-0.25, -0.2) is 4.39 Å². The van der Waals surface area contributed by atoms with Crippen molar-refractivity contribution in [3.63, 3.8) is 0 Å². The van der Waals surface area contributed by atoms with Gasteiger partial charge in [-0.05, 0) is 43.9 Å². The Kier molecular flexibility index (Phi) is 4.32. The molecule has 3 rings (SSSR count). The van der Waals surface area contributed by atoms with E-state index < -0.39 is 5.82 Å². The number of aryl methyl sites for hydroxylation is 1. The zero-order valence-electron chi connectivity index (χ0n) is 13.3. The highest BCUT2D eigenvalue weighted by Crippen LogP contribution is 2.28. The first-order valence-corrected chi connectivity index (χ1v) is 7.82. The molecule has 23 heavy (non-hydrogen) atoms. The van der Waals surface area contributed by atoms with E-state index in [2.05, 4.69) is 10.4 Å². The molecule has 1 aliphatic rings. The van der Waals surface area contributed by atoms with Crippen LogP contribution in [-0.2, 0) is 6.54 Å². The minimum atomic E-state index is -0.399. The fourth-order valence-corrected chi connectivity index (χ4v) is 2.47. The summed E-state index contributed by atoms with van der Waals surface area (Å²) >= 11 is 0. The molecule has 1 saturated carbocycles. The van der Waals surface area contributed by atoms with Gasteiger partial charge in [-0.2, -0.15) is 5.10 Å². The van der Waals surface area contributed by atoms with Gasteiger partial charge in [0.1, 0.15) is 11.6 Å². The highest BCUT2D eigenvalue weighted by Gasteiger charge is 2.23. The average molecular weight is 317 g/mol. The van der Waals surface area contributed by atoms with Crippen molar-refractivity contribution in [2.45, 2.75) is 26.3 Å². The van der Waals surface area contributed by atoms with Gasteiger partial charge in [-0.15, -0.1) is 0 Å². The number of rotatable bonds is 6. The molecule has 1 heterocycles. The lowest BCUT2D eigenvalue weighted by atomic mass is 10.1. The van der Waals surface area contributed by atoms with Crippen LogP contribution in [0.5, 0.6) is 5.75 Å². The van der Waals surface area contributed by atoms with Crippen molar-refractivity contribution >= 4 is 5.91 Å². The van der Waals surface area contributed by atoms with Crippen LogP contribution in [0.4, 0.5) is 4.39 Å². The van der Waals surface area contributed by atoms with Gasteiger partial charge in [-0.3, -0.25) is 9.48 Å². The van der Waals surface area contributed by atoms with E-state index in [-0.39, 0.29) is 5.91 Å². The van der Waals surface area contributed by atoms with Crippen molar-refractivity contribution in [1.82, 2.24) is 15.1 Å². The Hall–Kier alpha value is -2.37. The summed E-state index contributed by atoms with van der Waals surface area (Å²) in [7, 11) is 1.49.